The minimum atomic E-state index is 0.986. The highest BCUT2D eigenvalue weighted by Crippen LogP contribution is 2.24. The molecule has 1 aliphatic heterocycles. The van der Waals surface area contributed by atoms with Crippen molar-refractivity contribution in [3.63, 3.8) is 0 Å². The highest BCUT2D eigenvalue weighted by atomic mass is 15.1. The number of aryl methyl sites for hydroxylation is 1. The zero-order chi connectivity index (χ0) is 11.4. The molecule has 1 aromatic heterocycles. The van der Waals surface area contributed by atoms with Crippen molar-refractivity contribution in [2.75, 3.05) is 18.0 Å². The van der Waals surface area contributed by atoms with E-state index >= 15 is 0 Å². The summed E-state index contributed by atoms with van der Waals surface area (Å²) in [6, 6.07) is 6.20. The number of anilines is 1. The maximum atomic E-state index is 8.60. The summed E-state index contributed by atoms with van der Waals surface area (Å²) in [6.07, 6.45) is 5.49. The van der Waals surface area contributed by atoms with E-state index in [2.05, 4.69) is 22.0 Å². The second-order valence-electron chi connectivity index (χ2n) is 4.03. The Hall–Kier alpha value is -1.82. The molecule has 82 valence electrons. The summed E-state index contributed by atoms with van der Waals surface area (Å²) in [4.78, 5) is 6.65. The molecule has 3 heteroatoms. The molecule has 2 heterocycles. The highest BCUT2D eigenvalue weighted by Gasteiger charge is 2.15. The van der Waals surface area contributed by atoms with Crippen molar-refractivity contribution in [1.82, 2.24) is 4.98 Å². The Morgan fingerprint density at radius 1 is 1.44 bits per heavy atom. The summed E-state index contributed by atoms with van der Waals surface area (Å²) < 4.78 is 0. The summed E-state index contributed by atoms with van der Waals surface area (Å²) in [6.45, 7) is 4.01. The van der Waals surface area contributed by atoms with Gasteiger partial charge in [-0.1, -0.05) is 5.57 Å². The highest BCUT2D eigenvalue weighted by molar-refractivity contribution is 5.50. The van der Waals surface area contributed by atoms with Gasteiger partial charge in [0.2, 0.25) is 0 Å². The Labute approximate surface area is 96.0 Å². The van der Waals surface area contributed by atoms with Crippen molar-refractivity contribution in [2.24, 2.45) is 0 Å². The molecule has 0 amide bonds. The van der Waals surface area contributed by atoms with Crippen LogP contribution in [0, 0.1) is 18.3 Å². The second kappa shape index (κ2) is 4.80. The number of allylic oxidation sites excluding steroid dienone is 1. The molecule has 0 aliphatic carbocycles. The first-order chi connectivity index (χ1) is 7.81. The minimum Gasteiger partial charge on any atom is -0.369 e. The van der Waals surface area contributed by atoms with E-state index in [0.717, 1.165) is 31.6 Å². The number of nitrogens with zero attached hydrogens (tertiary/aromatic N) is 3. The van der Waals surface area contributed by atoms with Crippen LogP contribution in [-0.2, 0) is 0 Å². The SMILES string of the molecule is Cc1ncccc1N1CCC(=CC#N)CC1. The zero-order valence-electron chi connectivity index (χ0n) is 9.48. The lowest BCUT2D eigenvalue weighted by atomic mass is 10.0. The first kappa shape index (κ1) is 10.7. The van der Waals surface area contributed by atoms with Gasteiger partial charge in [0.15, 0.2) is 0 Å². The fourth-order valence-corrected chi connectivity index (χ4v) is 2.08. The molecule has 0 N–H and O–H groups in total. The van der Waals surface area contributed by atoms with Crippen LogP contribution in [0.15, 0.2) is 30.0 Å². The Balaban J connectivity index is 2.08. The van der Waals surface area contributed by atoms with Crippen LogP contribution < -0.4 is 4.90 Å². The molecule has 0 radical (unpaired) electrons. The maximum Gasteiger partial charge on any atom is 0.0911 e. The molecule has 0 spiro atoms. The van der Waals surface area contributed by atoms with Crippen LogP contribution >= 0.6 is 0 Å². The minimum absolute atomic E-state index is 0.986. The maximum absolute atomic E-state index is 8.60. The smallest absolute Gasteiger partial charge is 0.0911 e. The largest absolute Gasteiger partial charge is 0.369 e. The molecule has 1 aliphatic rings. The van der Waals surface area contributed by atoms with Gasteiger partial charge in [0.1, 0.15) is 0 Å². The van der Waals surface area contributed by atoms with Gasteiger partial charge in [-0.15, -0.1) is 0 Å². The van der Waals surface area contributed by atoms with Crippen LogP contribution in [0.4, 0.5) is 5.69 Å². The van der Waals surface area contributed by atoms with Crippen LogP contribution in [0.1, 0.15) is 18.5 Å². The van der Waals surface area contributed by atoms with Crippen LogP contribution in [-0.4, -0.2) is 18.1 Å². The summed E-state index contributed by atoms with van der Waals surface area (Å²) in [5, 5.41) is 8.60. The molecule has 3 nitrogen and oxygen atoms in total. The number of aromatic nitrogens is 1. The lowest BCUT2D eigenvalue weighted by molar-refractivity contribution is 0.682. The third-order valence-electron chi connectivity index (χ3n) is 2.99. The normalized spacial score (nSPS) is 15.8. The Bertz CT molecular complexity index is 433. The standard InChI is InChI=1S/C13H15N3/c1-11-13(3-2-8-15-11)16-9-5-12(4-7-14)6-10-16/h2-4,8H,5-6,9-10H2,1H3. The molecular weight excluding hydrogens is 198 g/mol. The van der Waals surface area contributed by atoms with Gasteiger partial charge in [-0.25, -0.2) is 0 Å². The summed E-state index contributed by atoms with van der Waals surface area (Å²) in [5.74, 6) is 0. The van der Waals surface area contributed by atoms with E-state index < -0.39 is 0 Å². The van der Waals surface area contributed by atoms with Crippen molar-refractivity contribution >= 4 is 5.69 Å². The summed E-state index contributed by atoms with van der Waals surface area (Å²) in [5.41, 5.74) is 3.56. The zero-order valence-corrected chi connectivity index (χ0v) is 9.48. The molecule has 2 rings (SSSR count). The van der Waals surface area contributed by atoms with Crippen molar-refractivity contribution in [1.29, 1.82) is 5.26 Å². The lowest BCUT2D eigenvalue weighted by Crippen LogP contribution is -2.31. The van der Waals surface area contributed by atoms with Gasteiger partial charge in [-0.2, -0.15) is 5.26 Å². The van der Waals surface area contributed by atoms with Gasteiger partial charge >= 0.3 is 0 Å². The molecular formula is C13H15N3. The molecule has 16 heavy (non-hydrogen) atoms. The van der Waals surface area contributed by atoms with E-state index in [-0.39, 0.29) is 0 Å². The number of hydrogen-bond acceptors (Lipinski definition) is 3. The topological polar surface area (TPSA) is 39.9 Å². The molecule has 0 saturated carbocycles. The van der Waals surface area contributed by atoms with E-state index in [9.17, 15) is 0 Å². The second-order valence-corrected chi connectivity index (χ2v) is 4.03. The number of hydrogen-bond donors (Lipinski definition) is 0. The van der Waals surface area contributed by atoms with Gasteiger partial charge in [0.05, 0.1) is 17.5 Å². The van der Waals surface area contributed by atoms with Crippen LogP contribution in [0.3, 0.4) is 0 Å². The van der Waals surface area contributed by atoms with Gasteiger partial charge in [-0.05, 0) is 31.9 Å². The Kier molecular flexibility index (Phi) is 3.21. The van der Waals surface area contributed by atoms with Crippen molar-refractivity contribution in [2.45, 2.75) is 19.8 Å². The van der Waals surface area contributed by atoms with Crippen LogP contribution in [0.5, 0.6) is 0 Å². The molecule has 1 saturated heterocycles. The van der Waals surface area contributed by atoms with Gasteiger partial charge in [0, 0.05) is 25.4 Å². The molecule has 1 aromatic rings. The van der Waals surface area contributed by atoms with Crippen molar-refractivity contribution < 1.29 is 0 Å². The van der Waals surface area contributed by atoms with E-state index in [4.69, 9.17) is 5.26 Å². The lowest BCUT2D eigenvalue weighted by Gasteiger charge is -2.30. The van der Waals surface area contributed by atoms with Gasteiger partial charge in [0.25, 0.3) is 0 Å². The average Bonchev–Trinajstić information content (AvgIpc) is 2.31. The quantitative estimate of drug-likeness (QED) is 0.673. The molecule has 0 aromatic carbocycles. The van der Waals surface area contributed by atoms with E-state index in [1.165, 1.54) is 11.3 Å². The first-order valence-corrected chi connectivity index (χ1v) is 5.55. The van der Waals surface area contributed by atoms with Gasteiger partial charge in [-0.3, -0.25) is 4.98 Å². The first-order valence-electron chi connectivity index (χ1n) is 5.55. The van der Waals surface area contributed by atoms with E-state index in [0.29, 0.717) is 0 Å². The van der Waals surface area contributed by atoms with E-state index in [1.807, 2.05) is 19.2 Å². The molecule has 0 bridgehead atoms. The predicted molar refractivity (Wildman–Crippen MR) is 64.1 cm³/mol. The Morgan fingerprint density at radius 3 is 2.81 bits per heavy atom. The van der Waals surface area contributed by atoms with Crippen LogP contribution in [0.25, 0.3) is 0 Å². The number of pyridine rings is 1. The summed E-state index contributed by atoms with van der Waals surface area (Å²) in [7, 11) is 0. The third kappa shape index (κ3) is 2.22. The average molecular weight is 213 g/mol. The van der Waals surface area contributed by atoms with Crippen molar-refractivity contribution in [3.05, 3.63) is 35.7 Å². The monoisotopic (exact) mass is 213 g/mol. The third-order valence-corrected chi connectivity index (χ3v) is 2.99. The fourth-order valence-electron chi connectivity index (χ4n) is 2.08. The predicted octanol–water partition coefficient (Wildman–Crippen LogP) is 2.44. The Morgan fingerprint density at radius 2 is 2.19 bits per heavy atom. The summed E-state index contributed by atoms with van der Waals surface area (Å²) >= 11 is 0. The number of nitriles is 1. The molecule has 1 fully saturated rings. The fraction of sp³-hybridized carbons (Fsp3) is 0.385. The number of rotatable bonds is 1. The molecule has 0 unspecified atom stereocenters. The van der Waals surface area contributed by atoms with E-state index in [1.54, 1.807) is 6.08 Å². The number of piperidine rings is 1. The molecule has 0 atom stereocenters. The van der Waals surface area contributed by atoms with Crippen LogP contribution in [0.2, 0.25) is 0 Å². The van der Waals surface area contributed by atoms with Gasteiger partial charge < -0.3 is 4.90 Å². The van der Waals surface area contributed by atoms with Crippen molar-refractivity contribution in [3.8, 4) is 6.07 Å².